The largest absolute Gasteiger partial charge is 0.497 e. The van der Waals surface area contributed by atoms with Crippen LogP contribution in [0.25, 0.3) is 0 Å². The molecule has 1 saturated carbocycles. The van der Waals surface area contributed by atoms with Crippen molar-refractivity contribution in [1.29, 1.82) is 0 Å². The molecule has 1 amide bonds. The molecular weight excluding hydrogens is 418 g/mol. The average Bonchev–Trinajstić information content (AvgIpc) is 2.77. The second kappa shape index (κ2) is 9.67. The molecule has 1 aliphatic rings. The monoisotopic (exact) mass is 447 g/mol. The number of hydrogen-bond donors (Lipinski definition) is 4. The van der Waals surface area contributed by atoms with Gasteiger partial charge < -0.3 is 20.5 Å². The van der Waals surface area contributed by atoms with Crippen LogP contribution >= 0.6 is 0 Å². The van der Waals surface area contributed by atoms with Gasteiger partial charge in [-0.3, -0.25) is 0 Å². The van der Waals surface area contributed by atoms with E-state index in [9.17, 15) is 13.2 Å². The zero-order valence-electron chi connectivity index (χ0n) is 17.5. The Hall–Kier alpha value is -2.62. The third-order valence-corrected chi connectivity index (χ3v) is 6.98. The minimum absolute atomic E-state index is 0.0999. The molecule has 2 aromatic rings. The number of primary sulfonamides is 1. The highest BCUT2D eigenvalue weighted by Gasteiger charge is 2.37. The molecule has 31 heavy (non-hydrogen) atoms. The molecule has 0 saturated heterocycles. The summed E-state index contributed by atoms with van der Waals surface area (Å²) in [6, 6.07) is 14.7. The van der Waals surface area contributed by atoms with Crippen molar-refractivity contribution in [3.8, 4) is 5.75 Å². The highest BCUT2D eigenvalue weighted by atomic mass is 32.2. The van der Waals surface area contributed by atoms with Gasteiger partial charge in [0.15, 0.2) is 0 Å². The van der Waals surface area contributed by atoms with Crippen LogP contribution in [0.4, 0.5) is 4.79 Å². The van der Waals surface area contributed by atoms with Crippen LogP contribution in [0.2, 0.25) is 0 Å². The van der Waals surface area contributed by atoms with Crippen molar-refractivity contribution in [3.05, 3.63) is 59.7 Å². The van der Waals surface area contributed by atoms with Gasteiger partial charge in [0.05, 0.1) is 12.0 Å². The van der Waals surface area contributed by atoms with Crippen molar-refractivity contribution in [2.45, 2.75) is 48.6 Å². The summed E-state index contributed by atoms with van der Waals surface area (Å²) in [6.45, 7) is 0.979. The number of carboxylic acid groups (broad SMARTS) is 1. The summed E-state index contributed by atoms with van der Waals surface area (Å²) in [7, 11) is -2.07. The van der Waals surface area contributed by atoms with Crippen LogP contribution in [0.3, 0.4) is 0 Å². The fourth-order valence-corrected chi connectivity index (χ4v) is 4.71. The molecule has 8 nitrogen and oxygen atoms in total. The van der Waals surface area contributed by atoms with Crippen molar-refractivity contribution < 1.29 is 23.1 Å². The fourth-order valence-electron chi connectivity index (χ4n) is 4.20. The zero-order chi connectivity index (χ0) is 22.5. The molecule has 0 heterocycles. The van der Waals surface area contributed by atoms with Crippen LogP contribution in [-0.2, 0) is 22.0 Å². The second-order valence-electron chi connectivity index (χ2n) is 8.02. The number of nitrogens with two attached hydrogens (primary N) is 1. The lowest BCUT2D eigenvalue weighted by molar-refractivity contribution is 0.182. The minimum atomic E-state index is -3.69. The number of rotatable bonds is 8. The van der Waals surface area contributed by atoms with E-state index < -0.39 is 16.1 Å². The Morgan fingerprint density at radius 2 is 1.87 bits per heavy atom. The summed E-state index contributed by atoms with van der Waals surface area (Å²) >= 11 is 0. The molecule has 0 atom stereocenters. The number of amides is 1. The highest BCUT2D eigenvalue weighted by Crippen LogP contribution is 2.40. The standard InChI is InChI=1S/C22H29N3O5S/c1-30-19-4-2-3-17(13-19)22(15-25-21(26)27)11-9-18(10-12-22)24-14-16-5-7-20(8-6-16)31(23,28)29/h2-8,13,18,24-25H,9-12,14-15H2,1H3,(H,26,27)(H2,23,28,29). The Kier molecular flexibility index (Phi) is 7.19. The van der Waals surface area contributed by atoms with E-state index in [1.165, 1.54) is 12.1 Å². The van der Waals surface area contributed by atoms with Crippen LogP contribution in [-0.4, -0.2) is 39.3 Å². The number of benzene rings is 2. The predicted octanol–water partition coefficient (Wildman–Crippen LogP) is 2.58. The topological polar surface area (TPSA) is 131 Å². The number of nitrogens with one attached hydrogen (secondary N) is 2. The summed E-state index contributed by atoms with van der Waals surface area (Å²) in [4.78, 5) is 11.3. The van der Waals surface area contributed by atoms with Crippen LogP contribution in [0.5, 0.6) is 5.75 Å². The molecule has 1 aliphatic carbocycles. The molecule has 3 rings (SSSR count). The number of sulfonamides is 1. The summed E-state index contributed by atoms with van der Waals surface area (Å²) in [5.41, 5.74) is 1.78. The van der Waals surface area contributed by atoms with Crippen molar-refractivity contribution in [2.24, 2.45) is 5.14 Å². The molecular formula is C22H29N3O5S. The fraction of sp³-hybridized carbons (Fsp3) is 0.409. The Balaban J connectivity index is 1.64. The molecule has 0 unspecified atom stereocenters. The van der Waals surface area contributed by atoms with E-state index in [4.69, 9.17) is 15.0 Å². The van der Waals surface area contributed by atoms with Gasteiger partial charge in [0.2, 0.25) is 10.0 Å². The van der Waals surface area contributed by atoms with Crippen molar-refractivity contribution in [1.82, 2.24) is 10.6 Å². The lowest BCUT2D eigenvalue weighted by atomic mass is 9.68. The van der Waals surface area contributed by atoms with Gasteiger partial charge in [0.1, 0.15) is 5.75 Å². The van der Waals surface area contributed by atoms with Crippen LogP contribution < -0.4 is 20.5 Å². The molecule has 2 aromatic carbocycles. The van der Waals surface area contributed by atoms with Crippen LogP contribution in [0, 0.1) is 0 Å². The van der Waals surface area contributed by atoms with Gasteiger partial charge in [-0.2, -0.15) is 0 Å². The summed E-state index contributed by atoms with van der Waals surface area (Å²) in [5, 5.41) is 20.4. The second-order valence-corrected chi connectivity index (χ2v) is 9.58. The lowest BCUT2D eigenvalue weighted by Gasteiger charge is -2.41. The van der Waals surface area contributed by atoms with Gasteiger partial charge in [-0.25, -0.2) is 18.4 Å². The summed E-state index contributed by atoms with van der Waals surface area (Å²) in [5.74, 6) is 0.760. The highest BCUT2D eigenvalue weighted by molar-refractivity contribution is 7.89. The average molecular weight is 448 g/mol. The van der Waals surface area contributed by atoms with E-state index in [0.29, 0.717) is 19.1 Å². The number of methoxy groups -OCH3 is 1. The van der Waals surface area contributed by atoms with Gasteiger partial charge in [-0.15, -0.1) is 0 Å². The maximum atomic E-state index is 11.4. The molecule has 0 spiro atoms. The smallest absolute Gasteiger partial charge is 0.404 e. The van der Waals surface area contributed by atoms with E-state index in [0.717, 1.165) is 42.6 Å². The van der Waals surface area contributed by atoms with Crippen LogP contribution in [0.1, 0.15) is 36.8 Å². The van der Waals surface area contributed by atoms with Gasteiger partial charge >= 0.3 is 6.09 Å². The Bertz CT molecular complexity index is 1000. The van der Waals surface area contributed by atoms with Gasteiger partial charge in [0, 0.05) is 24.5 Å². The SMILES string of the molecule is COc1cccc(C2(CNC(=O)O)CCC(NCc3ccc(S(N)(=O)=O)cc3)CC2)c1. The van der Waals surface area contributed by atoms with Crippen molar-refractivity contribution in [2.75, 3.05) is 13.7 Å². The third-order valence-electron chi connectivity index (χ3n) is 6.05. The zero-order valence-corrected chi connectivity index (χ0v) is 18.3. The lowest BCUT2D eigenvalue weighted by Crippen LogP contribution is -2.46. The molecule has 5 N–H and O–H groups in total. The Morgan fingerprint density at radius 3 is 2.45 bits per heavy atom. The first-order valence-corrected chi connectivity index (χ1v) is 11.7. The molecule has 0 bridgehead atoms. The van der Waals surface area contributed by atoms with Gasteiger partial charge in [-0.05, 0) is 61.1 Å². The van der Waals surface area contributed by atoms with Crippen molar-refractivity contribution >= 4 is 16.1 Å². The van der Waals surface area contributed by atoms with E-state index in [-0.39, 0.29) is 10.3 Å². The third kappa shape index (κ3) is 5.96. The predicted molar refractivity (Wildman–Crippen MR) is 118 cm³/mol. The Labute approximate surface area is 182 Å². The van der Waals surface area contributed by atoms with E-state index in [1.807, 2.05) is 24.3 Å². The van der Waals surface area contributed by atoms with Gasteiger partial charge in [-0.1, -0.05) is 24.3 Å². The van der Waals surface area contributed by atoms with E-state index in [1.54, 1.807) is 19.2 Å². The summed E-state index contributed by atoms with van der Waals surface area (Å²) in [6.07, 6.45) is 2.44. The minimum Gasteiger partial charge on any atom is -0.497 e. The van der Waals surface area contributed by atoms with Crippen molar-refractivity contribution in [3.63, 3.8) is 0 Å². The first kappa shape index (κ1) is 23.1. The molecule has 0 aromatic heterocycles. The maximum Gasteiger partial charge on any atom is 0.404 e. The molecule has 9 heteroatoms. The molecule has 168 valence electrons. The Morgan fingerprint density at radius 1 is 1.19 bits per heavy atom. The number of ether oxygens (including phenoxy) is 1. The quantitative estimate of drug-likeness (QED) is 0.492. The van der Waals surface area contributed by atoms with E-state index >= 15 is 0 Å². The first-order chi connectivity index (χ1) is 14.7. The molecule has 1 fully saturated rings. The van der Waals surface area contributed by atoms with Crippen LogP contribution in [0.15, 0.2) is 53.4 Å². The molecule has 0 radical (unpaired) electrons. The maximum absolute atomic E-state index is 11.4. The summed E-state index contributed by atoms with van der Waals surface area (Å²) < 4.78 is 28.1. The first-order valence-electron chi connectivity index (χ1n) is 10.2. The van der Waals surface area contributed by atoms with E-state index in [2.05, 4.69) is 10.6 Å². The number of hydrogen-bond acceptors (Lipinski definition) is 5. The van der Waals surface area contributed by atoms with Gasteiger partial charge in [0.25, 0.3) is 0 Å². The normalized spacial score (nSPS) is 21.4. The number of carbonyl (C=O) groups is 1. The molecule has 0 aliphatic heterocycles.